The molecule has 2 saturated heterocycles. The maximum atomic E-state index is 14.1. The second kappa shape index (κ2) is 11.3. The number of likely N-dealkylation sites (tertiary alicyclic amines) is 2. The number of amides is 2. The van der Waals surface area contributed by atoms with Gasteiger partial charge in [0.2, 0.25) is 0 Å². The Bertz CT molecular complexity index is 1480. The first kappa shape index (κ1) is 31.1. The lowest BCUT2D eigenvalue weighted by Gasteiger charge is -2.40. The quantitative estimate of drug-likeness (QED) is 0.304. The molecule has 10 heteroatoms. The predicted molar refractivity (Wildman–Crippen MR) is 167 cm³/mol. The van der Waals surface area contributed by atoms with E-state index in [9.17, 15) is 14.0 Å². The first-order valence-corrected chi connectivity index (χ1v) is 17.9. The summed E-state index contributed by atoms with van der Waals surface area (Å²) in [6.07, 6.45) is 0.525. The Kier molecular flexibility index (Phi) is 8.15. The molecule has 0 radical (unpaired) electrons. The largest absolute Gasteiger partial charge is 0.445 e. The number of H-pyrrole nitrogens is 1. The average Bonchev–Trinajstić information content (AvgIpc) is 3.59. The fourth-order valence-electron chi connectivity index (χ4n) is 6.00. The van der Waals surface area contributed by atoms with E-state index in [-0.39, 0.29) is 29.9 Å². The molecule has 3 aromatic rings. The molecule has 2 aliphatic heterocycles. The summed E-state index contributed by atoms with van der Waals surface area (Å²) >= 11 is 0. The van der Waals surface area contributed by atoms with Crippen molar-refractivity contribution in [2.24, 2.45) is 0 Å². The summed E-state index contributed by atoms with van der Waals surface area (Å²) in [5.41, 5.74) is 1.75. The highest BCUT2D eigenvalue weighted by Gasteiger charge is 2.60. The van der Waals surface area contributed by atoms with Gasteiger partial charge in [0.1, 0.15) is 18.0 Å². The minimum absolute atomic E-state index is 0.0839. The Labute approximate surface area is 254 Å². The molecule has 0 saturated carbocycles. The molecule has 0 spiro atoms. The number of aromatic nitrogens is 1. The summed E-state index contributed by atoms with van der Waals surface area (Å²) in [4.78, 5) is 34.3. The molecule has 0 aliphatic carbocycles. The maximum Gasteiger partial charge on any atom is 0.410 e. The van der Waals surface area contributed by atoms with Gasteiger partial charge in [0.05, 0.1) is 24.7 Å². The monoisotopic (exact) mass is 609 g/mol. The van der Waals surface area contributed by atoms with Crippen LogP contribution in [0.25, 0.3) is 10.9 Å². The second-order valence-corrected chi connectivity index (χ2v) is 19.0. The third kappa shape index (κ3) is 6.31. The average molecular weight is 610 g/mol. The van der Waals surface area contributed by atoms with E-state index in [1.807, 2.05) is 57.3 Å². The number of carbonyl (C=O) groups is 2. The molecule has 43 heavy (non-hydrogen) atoms. The fraction of sp³-hybridized carbons (Fsp3) is 0.515. The van der Waals surface area contributed by atoms with Crippen molar-refractivity contribution in [3.63, 3.8) is 0 Å². The van der Waals surface area contributed by atoms with Crippen LogP contribution in [0.15, 0.2) is 54.7 Å². The molecule has 1 N–H and O–H groups in total. The van der Waals surface area contributed by atoms with E-state index in [1.165, 1.54) is 12.1 Å². The number of carbonyl (C=O) groups excluding carboxylic acids is 2. The molecule has 2 aliphatic rings. The van der Waals surface area contributed by atoms with Gasteiger partial charge in [0.15, 0.2) is 8.32 Å². The van der Waals surface area contributed by atoms with Gasteiger partial charge in [0, 0.05) is 29.6 Å². The number of nitrogens with one attached hydrogen (secondary N) is 1. The van der Waals surface area contributed by atoms with Crippen molar-refractivity contribution in [1.82, 2.24) is 14.8 Å². The van der Waals surface area contributed by atoms with E-state index in [1.54, 1.807) is 15.9 Å². The molecule has 232 valence electrons. The summed E-state index contributed by atoms with van der Waals surface area (Å²) in [5.74, 6) is -0.621. The molecule has 2 aromatic carbocycles. The van der Waals surface area contributed by atoms with Crippen LogP contribution in [0, 0.1) is 5.82 Å². The van der Waals surface area contributed by atoms with Crippen LogP contribution in [0.5, 0.6) is 0 Å². The van der Waals surface area contributed by atoms with Gasteiger partial charge in [-0.1, -0.05) is 51.1 Å². The van der Waals surface area contributed by atoms with Crippen molar-refractivity contribution in [2.75, 3.05) is 13.1 Å². The van der Waals surface area contributed by atoms with Gasteiger partial charge in [-0.2, -0.15) is 0 Å². The minimum atomic E-state index is -2.32. The molecular weight excluding hydrogens is 565 g/mol. The number of halogens is 1. The molecule has 2 fully saturated rings. The molecule has 5 rings (SSSR count). The van der Waals surface area contributed by atoms with Crippen molar-refractivity contribution in [1.29, 1.82) is 0 Å². The van der Waals surface area contributed by atoms with Crippen molar-refractivity contribution >= 4 is 31.4 Å². The highest BCUT2D eigenvalue weighted by atomic mass is 28.4. The second-order valence-electron chi connectivity index (χ2n) is 14.3. The van der Waals surface area contributed by atoms with Crippen molar-refractivity contribution in [3.05, 3.63) is 71.7 Å². The van der Waals surface area contributed by atoms with Crippen LogP contribution in [0.1, 0.15) is 58.6 Å². The van der Waals surface area contributed by atoms with Crippen LogP contribution in [0.2, 0.25) is 18.1 Å². The highest BCUT2D eigenvalue weighted by molar-refractivity contribution is 6.74. The topological polar surface area (TPSA) is 84.1 Å². The number of benzene rings is 2. The summed E-state index contributed by atoms with van der Waals surface area (Å²) in [6, 6.07) is 13.3. The van der Waals surface area contributed by atoms with Gasteiger partial charge in [-0.25, -0.2) is 14.0 Å². The minimum Gasteiger partial charge on any atom is -0.445 e. The Morgan fingerprint density at radius 2 is 1.63 bits per heavy atom. The van der Waals surface area contributed by atoms with Crippen molar-refractivity contribution in [3.8, 4) is 0 Å². The summed E-state index contributed by atoms with van der Waals surface area (Å²) in [5, 5.41) is 0.766. The van der Waals surface area contributed by atoms with Gasteiger partial charge in [-0.15, -0.1) is 0 Å². The number of hydrogen-bond donors (Lipinski definition) is 1. The molecule has 3 heterocycles. The first-order valence-electron chi connectivity index (χ1n) is 15.0. The lowest BCUT2D eigenvalue weighted by molar-refractivity contribution is 0.0199. The number of hydrogen-bond acceptors (Lipinski definition) is 5. The maximum absolute atomic E-state index is 14.1. The normalized spacial score (nSPS) is 22.6. The number of aromatic amines is 1. The zero-order valence-electron chi connectivity index (χ0n) is 26.4. The van der Waals surface area contributed by atoms with Gasteiger partial charge in [0.25, 0.3) is 0 Å². The lowest BCUT2D eigenvalue weighted by Crippen LogP contribution is -2.51. The van der Waals surface area contributed by atoms with E-state index in [0.29, 0.717) is 12.1 Å². The van der Waals surface area contributed by atoms with Crippen LogP contribution in [-0.4, -0.2) is 72.2 Å². The number of nitrogens with zero attached hydrogens (tertiary/aromatic N) is 2. The van der Waals surface area contributed by atoms with Crippen LogP contribution in [-0.2, 0) is 20.5 Å². The lowest BCUT2D eigenvalue weighted by atomic mass is 9.91. The Morgan fingerprint density at radius 1 is 0.953 bits per heavy atom. The van der Waals surface area contributed by atoms with Crippen LogP contribution in [0.3, 0.4) is 0 Å². The molecule has 0 unspecified atom stereocenters. The molecule has 0 bridgehead atoms. The third-order valence-electron chi connectivity index (χ3n) is 9.03. The zero-order chi connectivity index (χ0) is 31.3. The summed E-state index contributed by atoms with van der Waals surface area (Å²) in [7, 11) is -2.32. The van der Waals surface area contributed by atoms with E-state index in [4.69, 9.17) is 13.9 Å². The Morgan fingerprint density at radius 3 is 2.28 bits per heavy atom. The van der Waals surface area contributed by atoms with Crippen LogP contribution in [0.4, 0.5) is 14.0 Å². The van der Waals surface area contributed by atoms with Gasteiger partial charge in [-0.3, -0.25) is 9.80 Å². The van der Waals surface area contributed by atoms with Crippen molar-refractivity contribution < 1.29 is 27.9 Å². The molecule has 4 atom stereocenters. The van der Waals surface area contributed by atoms with E-state index >= 15 is 0 Å². The third-order valence-corrected chi connectivity index (χ3v) is 13.5. The molecule has 2 amide bonds. The first-order chi connectivity index (χ1) is 20.1. The summed E-state index contributed by atoms with van der Waals surface area (Å²) in [6.45, 7) is 17.1. The van der Waals surface area contributed by atoms with Crippen LogP contribution >= 0.6 is 0 Å². The van der Waals surface area contributed by atoms with E-state index in [2.05, 4.69) is 38.8 Å². The van der Waals surface area contributed by atoms with Gasteiger partial charge in [-0.05, 0) is 68.2 Å². The smallest absolute Gasteiger partial charge is 0.410 e. The highest BCUT2D eigenvalue weighted by Crippen LogP contribution is 2.47. The van der Waals surface area contributed by atoms with Crippen molar-refractivity contribution in [2.45, 2.75) is 96.0 Å². The Balaban J connectivity index is 1.56. The zero-order valence-corrected chi connectivity index (χ0v) is 27.4. The van der Waals surface area contributed by atoms with Gasteiger partial charge < -0.3 is 18.9 Å². The molecule has 1 aromatic heterocycles. The SMILES string of the molecule is CC(C)(C)OC(=O)N1C[C@@H](O[Si](C)(C)C(C)(C)C)[C@@H]2[C@H]1[C@@H](c1c[nH]c3cc(F)ccc13)CN2C(=O)OCc1ccccc1. The fourth-order valence-corrected chi connectivity index (χ4v) is 7.32. The predicted octanol–water partition coefficient (Wildman–Crippen LogP) is 7.42. The van der Waals surface area contributed by atoms with Gasteiger partial charge >= 0.3 is 12.2 Å². The summed E-state index contributed by atoms with van der Waals surface area (Å²) < 4.78 is 32.8. The number of rotatable bonds is 5. The number of fused-ring (bicyclic) bond motifs is 2. The van der Waals surface area contributed by atoms with E-state index < -0.39 is 44.3 Å². The Hall–Kier alpha value is -3.37. The molecule has 8 nitrogen and oxygen atoms in total. The molecular formula is C33H44FN3O5Si. The van der Waals surface area contributed by atoms with Crippen LogP contribution < -0.4 is 0 Å². The van der Waals surface area contributed by atoms with E-state index in [0.717, 1.165) is 16.5 Å². The number of ether oxygens (including phenoxy) is 2. The standard InChI is InChI=1S/C33H44FN3O5Si/c1-32(2,3)41-31(39)37-19-27(42-43(7,8)33(4,5)6)29-28(37)25(24-17-35-26-16-22(34)14-15-23(24)26)18-36(29)30(38)40-20-21-12-10-9-11-13-21/h9-17,25,27-29,35H,18-20H2,1-8H3/t25-,27-,28-,29-/m1/s1.